The first-order valence-electron chi connectivity index (χ1n) is 7.26. The van der Waals surface area contributed by atoms with Gasteiger partial charge in [0.25, 0.3) is 0 Å². The Balaban J connectivity index is 2.08. The number of benzene rings is 1. The van der Waals surface area contributed by atoms with Crippen LogP contribution in [0.3, 0.4) is 0 Å². The van der Waals surface area contributed by atoms with Crippen molar-refractivity contribution >= 4 is 0 Å². The van der Waals surface area contributed by atoms with E-state index in [4.69, 9.17) is 0 Å². The molecule has 1 fully saturated rings. The van der Waals surface area contributed by atoms with Gasteiger partial charge in [0.1, 0.15) is 5.82 Å². The van der Waals surface area contributed by atoms with Crippen molar-refractivity contribution in [2.75, 3.05) is 19.7 Å². The highest BCUT2D eigenvalue weighted by molar-refractivity contribution is 5.22. The van der Waals surface area contributed by atoms with Crippen LogP contribution < -0.4 is 0 Å². The Kier molecular flexibility index (Phi) is 4.94. The van der Waals surface area contributed by atoms with Crippen LogP contribution in [0, 0.1) is 11.7 Å². The summed E-state index contributed by atoms with van der Waals surface area (Å²) in [7, 11) is 0. The van der Waals surface area contributed by atoms with Gasteiger partial charge in [-0.3, -0.25) is 0 Å². The van der Waals surface area contributed by atoms with Gasteiger partial charge in [0.05, 0.1) is 0 Å². The first kappa shape index (κ1) is 14.5. The lowest BCUT2D eigenvalue weighted by Gasteiger charge is -2.41. The Labute approximate surface area is 115 Å². The van der Waals surface area contributed by atoms with E-state index in [2.05, 4.69) is 18.7 Å². The third-order valence-corrected chi connectivity index (χ3v) is 4.51. The lowest BCUT2D eigenvalue weighted by Crippen LogP contribution is -2.45. The molecule has 0 saturated carbocycles. The molecule has 1 aliphatic heterocycles. The van der Waals surface area contributed by atoms with Crippen molar-refractivity contribution in [3.05, 3.63) is 35.6 Å². The molecule has 0 amide bonds. The molecule has 0 bridgehead atoms. The van der Waals surface area contributed by atoms with E-state index in [-0.39, 0.29) is 18.3 Å². The minimum Gasteiger partial charge on any atom is -0.396 e. The van der Waals surface area contributed by atoms with Gasteiger partial charge in [-0.1, -0.05) is 19.1 Å². The van der Waals surface area contributed by atoms with Crippen LogP contribution in [0.1, 0.15) is 38.2 Å². The Hall–Kier alpha value is -0.930. The number of nitrogens with zero attached hydrogens (tertiary/aromatic N) is 1. The van der Waals surface area contributed by atoms with Crippen molar-refractivity contribution in [1.29, 1.82) is 0 Å². The first-order chi connectivity index (χ1) is 9.15. The first-order valence-corrected chi connectivity index (χ1v) is 7.26. The number of hydrogen-bond donors (Lipinski definition) is 1. The molecular weight excluding hydrogens is 241 g/mol. The molecule has 1 aromatic carbocycles. The van der Waals surface area contributed by atoms with Crippen molar-refractivity contribution in [1.82, 2.24) is 4.90 Å². The highest BCUT2D eigenvalue weighted by atomic mass is 19.1. The third-order valence-electron chi connectivity index (χ3n) is 4.51. The fraction of sp³-hybridized carbons (Fsp3) is 0.625. The maximum absolute atomic E-state index is 13.0. The third kappa shape index (κ3) is 3.34. The smallest absolute Gasteiger partial charge is 0.123 e. The number of hydrogen-bond acceptors (Lipinski definition) is 2. The summed E-state index contributed by atoms with van der Waals surface area (Å²) in [5, 5.41) is 9.65. The van der Waals surface area contributed by atoms with Crippen molar-refractivity contribution in [3.63, 3.8) is 0 Å². The number of aliphatic hydroxyl groups excluding tert-OH is 1. The number of aliphatic hydroxyl groups is 1. The number of likely N-dealkylation sites (tertiary alicyclic amines) is 1. The molecule has 0 aromatic heterocycles. The van der Waals surface area contributed by atoms with E-state index < -0.39 is 0 Å². The monoisotopic (exact) mass is 265 g/mol. The molecule has 3 heteroatoms. The SMILES string of the molecule is CC[C@@H](C)N1CCC(c2ccc(F)cc2)C(CO)C1. The molecule has 2 nitrogen and oxygen atoms in total. The van der Waals surface area contributed by atoms with Gasteiger partial charge in [0, 0.05) is 25.1 Å². The summed E-state index contributed by atoms with van der Waals surface area (Å²) in [5.41, 5.74) is 1.16. The zero-order chi connectivity index (χ0) is 13.8. The molecule has 1 N–H and O–H groups in total. The van der Waals surface area contributed by atoms with Crippen LogP contribution in [-0.2, 0) is 0 Å². The molecule has 2 unspecified atom stereocenters. The second-order valence-corrected chi connectivity index (χ2v) is 5.64. The second-order valence-electron chi connectivity index (χ2n) is 5.64. The Morgan fingerprint density at radius 1 is 1.37 bits per heavy atom. The van der Waals surface area contributed by atoms with Crippen LogP contribution >= 0.6 is 0 Å². The Bertz CT molecular complexity index is 392. The lowest BCUT2D eigenvalue weighted by molar-refractivity contribution is 0.0761. The van der Waals surface area contributed by atoms with Gasteiger partial charge < -0.3 is 10.0 Å². The summed E-state index contributed by atoms with van der Waals surface area (Å²) in [5.74, 6) is 0.417. The molecule has 106 valence electrons. The molecule has 0 radical (unpaired) electrons. The molecular formula is C16H24FNO. The highest BCUT2D eigenvalue weighted by Crippen LogP contribution is 2.33. The van der Waals surface area contributed by atoms with E-state index in [1.54, 1.807) is 0 Å². The highest BCUT2D eigenvalue weighted by Gasteiger charge is 2.31. The summed E-state index contributed by atoms with van der Waals surface area (Å²) in [6, 6.07) is 7.34. The van der Waals surface area contributed by atoms with E-state index >= 15 is 0 Å². The van der Waals surface area contributed by atoms with Crippen molar-refractivity contribution in [2.45, 2.75) is 38.6 Å². The molecule has 0 spiro atoms. The van der Waals surface area contributed by atoms with E-state index in [1.807, 2.05) is 12.1 Å². The second kappa shape index (κ2) is 6.49. The predicted octanol–water partition coefficient (Wildman–Crippen LogP) is 3.02. The Morgan fingerprint density at radius 2 is 2.05 bits per heavy atom. The average molecular weight is 265 g/mol. The van der Waals surface area contributed by atoms with E-state index in [0.717, 1.165) is 31.5 Å². The minimum atomic E-state index is -0.193. The summed E-state index contributed by atoms with van der Waals surface area (Å²) in [6.45, 7) is 6.65. The van der Waals surface area contributed by atoms with Crippen LogP contribution in [0.4, 0.5) is 4.39 Å². The van der Waals surface area contributed by atoms with Gasteiger partial charge in [0.15, 0.2) is 0 Å². The molecule has 1 aromatic rings. The lowest BCUT2D eigenvalue weighted by atomic mass is 9.80. The quantitative estimate of drug-likeness (QED) is 0.904. The van der Waals surface area contributed by atoms with E-state index in [0.29, 0.717) is 12.0 Å². The van der Waals surface area contributed by atoms with Gasteiger partial charge in [-0.25, -0.2) is 4.39 Å². The van der Waals surface area contributed by atoms with Gasteiger partial charge >= 0.3 is 0 Å². The number of halogens is 1. The fourth-order valence-electron chi connectivity index (χ4n) is 3.05. The van der Waals surface area contributed by atoms with Crippen LogP contribution in [0.5, 0.6) is 0 Å². The van der Waals surface area contributed by atoms with Crippen LogP contribution in [0.2, 0.25) is 0 Å². The van der Waals surface area contributed by atoms with Gasteiger partial charge in [0.2, 0.25) is 0 Å². The van der Waals surface area contributed by atoms with Crippen molar-refractivity contribution in [3.8, 4) is 0 Å². The molecule has 0 aliphatic carbocycles. The summed E-state index contributed by atoms with van der Waals surface area (Å²) in [6.07, 6.45) is 2.18. The fourth-order valence-corrected chi connectivity index (χ4v) is 3.05. The largest absolute Gasteiger partial charge is 0.396 e. The predicted molar refractivity (Wildman–Crippen MR) is 75.7 cm³/mol. The average Bonchev–Trinajstić information content (AvgIpc) is 2.46. The zero-order valence-corrected chi connectivity index (χ0v) is 11.8. The van der Waals surface area contributed by atoms with Gasteiger partial charge in [-0.05, 0) is 49.9 Å². The molecule has 1 heterocycles. The molecule has 1 aliphatic rings. The van der Waals surface area contributed by atoms with E-state index in [9.17, 15) is 9.50 Å². The number of piperidine rings is 1. The molecule has 2 rings (SSSR count). The topological polar surface area (TPSA) is 23.5 Å². The Morgan fingerprint density at radius 3 is 2.63 bits per heavy atom. The minimum absolute atomic E-state index is 0.193. The standard InChI is InChI=1S/C16H24FNO/c1-3-12(2)18-9-8-16(14(10-18)11-19)13-4-6-15(17)7-5-13/h4-7,12,14,16,19H,3,8-11H2,1-2H3/t12-,14?,16?/m1/s1. The summed E-state index contributed by atoms with van der Waals surface area (Å²) in [4.78, 5) is 2.46. The van der Waals surface area contributed by atoms with Crippen molar-refractivity contribution in [2.24, 2.45) is 5.92 Å². The van der Waals surface area contributed by atoms with Gasteiger partial charge in [-0.2, -0.15) is 0 Å². The van der Waals surface area contributed by atoms with Gasteiger partial charge in [-0.15, -0.1) is 0 Å². The molecule has 3 atom stereocenters. The van der Waals surface area contributed by atoms with Crippen molar-refractivity contribution < 1.29 is 9.50 Å². The van der Waals surface area contributed by atoms with E-state index in [1.165, 1.54) is 12.1 Å². The summed E-state index contributed by atoms with van der Waals surface area (Å²) >= 11 is 0. The normalized spacial score (nSPS) is 26.3. The summed E-state index contributed by atoms with van der Waals surface area (Å²) < 4.78 is 13.0. The van der Waals surface area contributed by atoms with Crippen LogP contribution in [-0.4, -0.2) is 35.7 Å². The molecule has 1 saturated heterocycles. The van der Waals surface area contributed by atoms with Crippen LogP contribution in [0.25, 0.3) is 0 Å². The maximum Gasteiger partial charge on any atom is 0.123 e. The zero-order valence-electron chi connectivity index (χ0n) is 11.8. The maximum atomic E-state index is 13.0. The molecule has 19 heavy (non-hydrogen) atoms. The van der Waals surface area contributed by atoms with Crippen LogP contribution in [0.15, 0.2) is 24.3 Å². The number of rotatable bonds is 4.